The van der Waals surface area contributed by atoms with E-state index < -0.39 is 24.5 Å². The normalized spacial score (nSPS) is 32.8. The highest BCUT2D eigenvalue weighted by molar-refractivity contribution is 5.73. The molecule has 7 nitrogen and oxygen atoms in total. The molecule has 2 aromatic rings. The zero-order valence-electron chi connectivity index (χ0n) is 9.42. The first-order valence-corrected chi connectivity index (χ1v) is 5.64. The molecule has 7 heteroatoms. The summed E-state index contributed by atoms with van der Waals surface area (Å²) in [5, 5.41) is 36.8. The number of aromatic nitrogens is 3. The van der Waals surface area contributed by atoms with Gasteiger partial charge < -0.3 is 20.1 Å². The summed E-state index contributed by atoms with van der Waals surface area (Å²) in [5.74, 6) is 0. The van der Waals surface area contributed by atoms with Crippen molar-refractivity contribution < 1.29 is 20.1 Å². The Bertz CT molecular complexity index is 558. The lowest BCUT2D eigenvalue weighted by molar-refractivity contribution is -0.213. The van der Waals surface area contributed by atoms with E-state index in [9.17, 15) is 15.3 Å². The second kappa shape index (κ2) is 4.29. The number of aliphatic hydroxyl groups excluding tert-OH is 3. The minimum atomic E-state index is -1.26. The Morgan fingerprint density at radius 1 is 1.17 bits per heavy atom. The molecule has 18 heavy (non-hydrogen) atoms. The van der Waals surface area contributed by atoms with E-state index in [0.717, 1.165) is 0 Å². The molecule has 2 heterocycles. The van der Waals surface area contributed by atoms with Crippen LogP contribution in [0.25, 0.3) is 11.0 Å². The van der Waals surface area contributed by atoms with Crippen LogP contribution >= 0.6 is 0 Å². The van der Waals surface area contributed by atoms with Gasteiger partial charge in [-0.15, -0.1) is 5.10 Å². The molecule has 1 aliphatic heterocycles. The van der Waals surface area contributed by atoms with Crippen LogP contribution in [0, 0.1) is 0 Å². The maximum atomic E-state index is 9.92. The summed E-state index contributed by atoms with van der Waals surface area (Å²) >= 11 is 0. The van der Waals surface area contributed by atoms with Gasteiger partial charge in [-0.25, -0.2) is 4.68 Å². The summed E-state index contributed by atoms with van der Waals surface area (Å²) in [6, 6.07) is 7.24. The SMILES string of the molecule is OC1COC(n2nnc3ccccc32)C(O)C1O. The van der Waals surface area contributed by atoms with E-state index in [1.807, 2.05) is 12.1 Å². The van der Waals surface area contributed by atoms with Crippen LogP contribution in [0.5, 0.6) is 0 Å². The van der Waals surface area contributed by atoms with Gasteiger partial charge in [-0.2, -0.15) is 0 Å². The summed E-state index contributed by atoms with van der Waals surface area (Å²) in [6.45, 7) is -0.0585. The fraction of sp³-hybridized carbons (Fsp3) is 0.455. The van der Waals surface area contributed by atoms with Crippen molar-refractivity contribution in [2.24, 2.45) is 0 Å². The Morgan fingerprint density at radius 2 is 1.94 bits per heavy atom. The quantitative estimate of drug-likeness (QED) is 0.603. The maximum absolute atomic E-state index is 9.92. The first-order chi connectivity index (χ1) is 8.68. The Kier molecular flexibility index (Phi) is 2.75. The third-order valence-electron chi connectivity index (χ3n) is 3.09. The summed E-state index contributed by atoms with van der Waals surface area (Å²) in [4.78, 5) is 0. The van der Waals surface area contributed by atoms with Crippen LogP contribution < -0.4 is 0 Å². The van der Waals surface area contributed by atoms with E-state index in [4.69, 9.17) is 4.74 Å². The molecule has 1 aliphatic rings. The van der Waals surface area contributed by atoms with Crippen molar-refractivity contribution in [2.45, 2.75) is 24.5 Å². The topological polar surface area (TPSA) is 101 Å². The van der Waals surface area contributed by atoms with E-state index in [2.05, 4.69) is 10.3 Å². The molecule has 0 bridgehead atoms. The predicted molar refractivity (Wildman–Crippen MR) is 60.5 cm³/mol. The van der Waals surface area contributed by atoms with Gasteiger partial charge in [0.25, 0.3) is 0 Å². The van der Waals surface area contributed by atoms with Crippen molar-refractivity contribution in [1.82, 2.24) is 15.0 Å². The highest BCUT2D eigenvalue weighted by Gasteiger charge is 2.39. The molecule has 3 rings (SSSR count). The van der Waals surface area contributed by atoms with E-state index in [1.54, 1.807) is 12.1 Å². The predicted octanol–water partition coefficient (Wildman–Crippen LogP) is -0.957. The summed E-state index contributed by atoms with van der Waals surface area (Å²) in [5.41, 5.74) is 1.37. The number of ether oxygens (including phenoxy) is 1. The Balaban J connectivity index is 1.99. The highest BCUT2D eigenvalue weighted by atomic mass is 16.5. The first kappa shape index (κ1) is 11.5. The van der Waals surface area contributed by atoms with Gasteiger partial charge in [0.15, 0.2) is 6.23 Å². The summed E-state index contributed by atoms with van der Waals surface area (Å²) < 4.78 is 6.74. The Labute approximate surface area is 102 Å². The molecule has 0 spiro atoms. The summed E-state index contributed by atoms with van der Waals surface area (Å²) in [7, 11) is 0. The van der Waals surface area contributed by atoms with Crippen LogP contribution in [0.4, 0.5) is 0 Å². The standard InChI is InChI=1S/C11H13N3O4/c15-8-5-18-11(10(17)9(8)16)14-7-4-2-1-3-6(7)12-13-14/h1-4,8-11,15-17H,5H2. The lowest BCUT2D eigenvalue weighted by Crippen LogP contribution is -2.50. The molecule has 0 aliphatic carbocycles. The number of para-hydroxylation sites is 1. The molecular formula is C11H13N3O4. The van der Waals surface area contributed by atoms with Crippen LogP contribution in [-0.2, 0) is 4.74 Å². The lowest BCUT2D eigenvalue weighted by atomic mass is 10.0. The molecule has 0 saturated carbocycles. The molecule has 4 unspecified atom stereocenters. The highest BCUT2D eigenvalue weighted by Crippen LogP contribution is 2.26. The van der Waals surface area contributed by atoms with Crippen molar-refractivity contribution in [3.05, 3.63) is 24.3 Å². The zero-order chi connectivity index (χ0) is 12.7. The molecule has 1 aromatic heterocycles. The van der Waals surface area contributed by atoms with Crippen LogP contribution in [0.1, 0.15) is 6.23 Å². The number of nitrogens with zero attached hydrogens (tertiary/aromatic N) is 3. The number of aliphatic hydroxyl groups is 3. The van der Waals surface area contributed by atoms with Crippen molar-refractivity contribution in [3.8, 4) is 0 Å². The van der Waals surface area contributed by atoms with E-state index in [-0.39, 0.29) is 6.61 Å². The van der Waals surface area contributed by atoms with Crippen LogP contribution in [0.2, 0.25) is 0 Å². The summed E-state index contributed by atoms with van der Waals surface area (Å²) in [6.07, 6.45) is -4.45. The molecule has 0 amide bonds. The molecule has 1 saturated heterocycles. The zero-order valence-corrected chi connectivity index (χ0v) is 9.42. The van der Waals surface area contributed by atoms with Gasteiger partial charge in [-0.05, 0) is 12.1 Å². The molecule has 0 radical (unpaired) electrons. The van der Waals surface area contributed by atoms with Gasteiger partial charge in [-0.3, -0.25) is 0 Å². The van der Waals surface area contributed by atoms with Crippen molar-refractivity contribution in [1.29, 1.82) is 0 Å². The van der Waals surface area contributed by atoms with Gasteiger partial charge in [-0.1, -0.05) is 17.3 Å². The lowest BCUT2D eigenvalue weighted by Gasteiger charge is -2.35. The fourth-order valence-electron chi connectivity index (χ4n) is 2.08. The number of hydrogen-bond donors (Lipinski definition) is 3. The van der Waals surface area contributed by atoms with Crippen molar-refractivity contribution in [2.75, 3.05) is 6.61 Å². The van der Waals surface area contributed by atoms with E-state index in [0.29, 0.717) is 11.0 Å². The Hall–Kier alpha value is -1.54. The second-order valence-electron chi connectivity index (χ2n) is 4.30. The number of hydrogen-bond acceptors (Lipinski definition) is 6. The largest absolute Gasteiger partial charge is 0.388 e. The molecule has 4 atom stereocenters. The second-order valence-corrected chi connectivity index (χ2v) is 4.30. The van der Waals surface area contributed by atoms with Gasteiger partial charge in [0.1, 0.15) is 23.8 Å². The molecule has 1 aromatic carbocycles. The molecule has 3 N–H and O–H groups in total. The molecule has 1 fully saturated rings. The third-order valence-corrected chi connectivity index (χ3v) is 3.09. The number of benzene rings is 1. The fourth-order valence-corrected chi connectivity index (χ4v) is 2.08. The van der Waals surface area contributed by atoms with Crippen molar-refractivity contribution >= 4 is 11.0 Å². The van der Waals surface area contributed by atoms with Gasteiger partial charge >= 0.3 is 0 Å². The first-order valence-electron chi connectivity index (χ1n) is 5.64. The number of rotatable bonds is 1. The van der Waals surface area contributed by atoms with Gasteiger partial charge in [0, 0.05) is 0 Å². The minimum Gasteiger partial charge on any atom is -0.388 e. The third kappa shape index (κ3) is 1.68. The number of fused-ring (bicyclic) bond motifs is 1. The van der Waals surface area contributed by atoms with Crippen LogP contribution in [0.15, 0.2) is 24.3 Å². The molecular weight excluding hydrogens is 238 g/mol. The van der Waals surface area contributed by atoms with Gasteiger partial charge in [0.2, 0.25) is 0 Å². The van der Waals surface area contributed by atoms with Gasteiger partial charge in [0.05, 0.1) is 12.1 Å². The Morgan fingerprint density at radius 3 is 2.78 bits per heavy atom. The minimum absolute atomic E-state index is 0.0585. The average Bonchev–Trinajstić information content (AvgIpc) is 2.80. The van der Waals surface area contributed by atoms with Crippen molar-refractivity contribution in [3.63, 3.8) is 0 Å². The van der Waals surface area contributed by atoms with E-state index >= 15 is 0 Å². The maximum Gasteiger partial charge on any atom is 0.181 e. The molecule has 96 valence electrons. The smallest absolute Gasteiger partial charge is 0.181 e. The van der Waals surface area contributed by atoms with Crippen LogP contribution in [-0.4, -0.2) is 55.2 Å². The average molecular weight is 251 g/mol. The van der Waals surface area contributed by atoms with E-state index in [1.165, 1.54) is 4.68 Å². The monoisotopic (exact) mass is 251 g/mol. The van der Waals surface area contributed by atoms with Crippen LogP contribution in [0.3, 0.4) is 0 Å².